The average molecular weight is 291 g/mol. The fourth-order valence-electron chi connectivity index (χ4n) is 2.03. The maximum atomic E-state index is 11.6. The van der Waals surface area contributed by atoms with Gasteiger partial charge in [0.15, 0.2) is 0 Å². The minimum absolute atomic E-state index is 0.00419. The molecule has 0 radical (unpaired) electrons. The molecule has 112 valence electrons. The Labute approximate surface area is 122 Å². The maximum Gasteiger partial charge on any atom is 0.330 e. The van der Waals surface area contributed by atoms with Crippen LogP contribution in [0.25, 0.3) is 6.08 Å². The molecule has 0 spiro atoms. The molecule has 0 aromatic heterocycles. The molecule has 0 amide bonds. The van der Waals surface area contributed by atoms with Crippen LogP contribution in [-0.4, -0.2) is 30.2 Å². The Hall–Kier alpha value is -2.21. The summed E-state index contributed by atoms with van der Waals surface area (Å²) in [6, 6.07) is 5.93. The van der Waals surface area contributed by atoms with Crippen LogP contribution < -0.4 is 0 Å². The summed E-state index contributed by atoms with van der Waals surface area (Å²) in [5.41, 5.74) is 0.718. The number of esters is 1. The maximum absolute atomic E-state index is 11.6. The van der Waals surface area contributed by atoms with Crippen molar-refractivity contribution >= 4 is 17.7 Å². The number of hydrogen-bond donors (Lipinski definition) is 0. The second kappa shape index (κ2) is 7.54. The predicted molar refractivity (Wildman–Crippen MR) is 76.7 cm³/mol. The molecule has 0 saturated carbocycles. The van der Waals surface area contributed by atoms with Crippen LogP contribution in [0.15, 0.2) is 30.3 Å². The smallest absolute Gasteiger partial charge is 0.330 e. The fraction of sp³-hybridized carbons (Fsp3) is 0.400. The van der Waals surface area contributed by atoms with E-state index in [4.69, 9.17) is 9.47 Å². The van der Waals surface area contributed by atoms with Gasteiger partial charge in [0, 0.05) is 24.8 Å². The summed E-state index contributed by atoms with van der Waals surface area (Å²) in [6.45, 7) is 0.990. The van der Waals surface area contributed by atoms with Crippen LogP contribution in [0.4, 0.5) is 5.69 Å². The Morgan fingerprint density at radius 1 is 1.38 bits per heavy atom. The number of carbonyl (C=O) groups is 1. The Bertz CT molecular complexity index is 517. The van der Waals surface area contributed by atoms with Gasteiger partial charge in [-0.2, -0.15) is 0 Å². The third kappa shape index (κ3) is 5.00. The first-order valence-electron chi connectivity index (χ1n) is 6.86. The van der Waals surface area contributed by atoms with Crippen molar-refractivity contribution in [3.8, 4) is 0 Å². The zero-order valence-corrected chi connectivity index (χ0v) is 11.6. The summed E-state index contributed by atoms with van der Waals surface area (Å²) in [6.07, 6.45) is 5.94. The summed E-state index contributed by atoms with van der Waals surface area (Å²) in [5.74, 6) is -0.442. The van der Waals surface area contributed by atoms with E-state index in [9.17, 15) is 14.9 Å². The lowest BCUT2D eigenvalue weighted by Gasteiger charge is -2.21. The molecule has 1 aromatic rings. The molecule has 2 rings (SSSR count). The van der Waals surface area contributed by atoms with Crippen molar-refractivity contribution in [3.63, 3.8) is 0 Å². The third-order valence-electron chi connectivity index (χ3n) is 3.20. The number of hydrogen-bond acceptors (Lipinski definition) is 5. The lowest BCUT2D eigenvalue weighted by Crippen LogP contribution is -2.25. The van der Waals surface area contributed by atoms with Gasteiger partial charge in [0.05, 0.1) is 11.0 Å². The second-order valence-corrected chi connectivity index (χ2v) is 4.80. The van der Waals surface area contributed by atoms with Crippen LogP contribution in [0, 0.1) is 10.1 Å². The van der Waals surface area contributed by atoms with E-state index < -0.39 is 10.9 Å². The van der Waals surface area contributed by atoms with Crippen molar-refractivity contribution in [3.05, 3.63) is 46.0 Å². The van der Waals surface area contributed by atoms with Crippen molar-refractivity contribution in [2.75, 3.05) is 13.2 Å². The molecule has 1 aliphatic heterocycles. The number of nitro groups is 1. The highest BCUT2D eigenvalue weighted by Gasteiger charge is 2.15. The van der Waals surface area contributed by atoms with E-state index in [0.717, 1.165) is 25.9 Å². The monoisotopic (exact) mass is 291 g/mol. The second-order valence-electron chi connectivity index (χ2n) is 4.80. The van der Waals surface area contributed by atoms with Gasteiger partial charge in [0.1, 0.15) is 6.61 Å². The van der Waals surface area contributed by atoms with Crippen LogP contribution in [-0.2, 0) is 14.3 Å². The van der Waals surface area contributed by atoms with Gasteiger partial charge in [0.2, 0.25) is 0 Å². The minimum atomic E-state index is -0.466. The van der Waals surface area contributed by atoms with E-state index in [1.165, 1.54) is 18.2 Å². The zero-order chi connectivity index (χ0) is 15.1. The van der Waals surface area contributed by atoms with E-state index in [1.807, 2.05) is 0 Å². The first kappa shape index (κ1) is 15.2. The summed E-state index contributed by atoms with van der Waals surface area (Å²) >= 11 is 0. The van der Waals surface area contributed by atoms with Crippen LogP contribution in [0.3, 0.4) is 0 Å². The van der Waals surface area contributed by atoms with Crippen LogP contribution >= 0.6 is 0 Å². The highest BCUT2D eigenvalue weighted by atomic mass is 16.6. The van der Waals surface area contributed by atoms with Crippen molar-refractivity contribution in [1.82, 2.24) is 0 Å². The first-order chi connectivity index (χ1) is 10.1. The Morgan fingerprint density at radius 2 is 2.14 bits per heavy atom. The molecule has 0 bridgehead atoms. The molecule has 1 fully saturated rings. The van der Waals surface area contributed by atoms with Gasteiger partial charge in [-0.25, -0.2) is 4.79 Å². The molecule has 0 N–H and O–H groups in total. The van der Waals surface area contributed by atoms with Crippen molar-refractivity contribution < 1.29 is 19.2 Å². The van der Waals surface area contributed by atoms with E-state index in [0.29, 0.717) is 5.56 Å². The highest BCUT2D eigenvalue weighted by molar-refractivity contribution is 5.87. The molecule has 1 heterocycles. The number of carbonyl (C=O) groups excluding carboxylic acids is 1. The van der Waals surface area contributed by atoms with Gasteiger partial charge < -0.3 is 9.47 Å². The van der Waals surface area contributed by atoms with Crippen LogP contribution in [0.1, 0.15) is 24.8 Å². The normalized spacial score (nSPS) is 18.6. The van der Waals surface area contributed by atoms with Gasteiger partial charge >= 0.3 is 5.97 Å². The van der Waals surface area contributed by atoms with Crippen LogP contribution in [0.5, 0.6) is 0 Å². The molecule has 1 unspecified atom stereocenters. The van der Waals surface area contributed by atoms with Crippen molar-refractivity contribution in [1.29, 1.82) is 0 Å². The quantitative estimate of drug-likeness (QED) is 0.361. The lowest BCUT2D eigenvalue weighted by molar-refractivity contribution is -0.384. The summed E-state index contributed by atoms with van der Waals surface area (Å²) in [5, 5.41) is 10.5. The van der Waals surface area contributed by atoms with Crippen LogP contribution in [0.2, 0.25) is 0 Å². The SMILES string of the molecule is O=C(/C=C/c1ccc([N+](=O)[O-])cc1)OCC1CCCCO1. The van der Waals surface area contributed by atoms with Gasteiger partial charge in [-0.3, -0.25) is 10.1 Å². The number of non-ortho nitro benzene ring substituents is 1. The topological polar surface area (TPSA) is 78.7 Å². The van der Waals surface area contributed by atoms with Gasteiger partial charge in [-0.15, -0.1) is 0 Å². The van der Waals surface area contributed by atoms with E-state index in [-0.39, 0.29) is 18.4 Å². The molecule has 6 heteroatoms. The number of benzene rings is 1. The van der Waals surface area contributed by atoms with Gasteiger partial charge in [-0.05, 0) is 43.0 Å². The highest BCUT2D eigenvalue weighted by Crippen LogP contribution is 2.14. The van der Waals surface area contributed by atoms with E-state index >= 15 is 0 Å². The summed E-state index contributed by atoms with van der Waals surface area (Å²) in [7, 11) is 0. The number of nitro benzene ring substituents is 1. The average Bonchev–Trinajstić information content (AvgIpc) is 2.52. The Morgan fingerprint density at radius 3 is 2.76 bits per heavy atom. The standard InChI is InChI=1S/C15H17NO5/c17-15(21-11-14-3-1-2-10-20-14)9-6-12-4-7-13(8-5-12)16(18)19/h4-9,14H,1-3,10-11H2/b9-6+. The number of ether oxygens (including phenoxy) is 2. The molecule has 1 aromatic carbocycles. The van der Waals surface area contributed by atoms with Crippen molar-refractivity contribution in [2.45, 2.75) is 25.4 Å². The molecular formula is C15H17NO5. The lowest BCUT2D eigenvalue weighted by atomic mass is 10.1. The minimum Gasteiger partial charge on any atom is -0.460 e. The fourth-order valence-corrected chi connectivity index (χ4v) is 2.03. The summed E-state index contributed by atoms with van der Waals surface area (Å²) < 4.78 is 10.6. The molecule has 1 atom stereocenters. The molecule has 1 saturated heterocycles. The molecule has 1 aliphatic rings. The first-order valence-corrected chi connectivity index (χ1v) is 6.86. The van der Waals surface area contributed by atoms with Crippen molar-refractivity contribution in [2.24, 2.45) is 0 Å². The largest absolute Gasteiger partial charge is 0.460 e. The third-order valence-corrected chi connectivity index (χ3v) is 3.20. The van der Waals surface area contributed by atoms with Gasteiger partial charge in [0.25, 0.3) is 5.69 Å². The molecular weight excluding hydrogens is 274 g/mol. The Kier molecular flexibility index (Phi) is 5.45. The number of nitrogens with zero attached hydrogens (tertiary/aromatic N) is 1. The Balaban J connectivity index is 1.79. The molecule has 6 nitrogen and oxygen atoms in total. The van der Waals surface area contributed by atoms with E-state index in [2.05, 4.69) is 0 Å². The van der Waals surface area contributed by atoms with E-state index in [1.54, 1.807) is 18.2 Å². The summed E-state index contributed by atoms with van der Waals surface area (Å²) in [4.78, 5) is 21.6. The molecule has 21 heavy (non-hydrogen) atoms. The predicted octanol–water partition coefficient (Wildman–Crippen LogP) is 2.72. The zero-order valence-electron chi connectivity index (χ0n) is 11.6. The van der Waals surface area contributed by atoms with Gasteiger partial charge in [-0.1, -0.05) is 0 Å². The molecule has 0 aliphatic carbocycles. The number of rotatable bonds is 5.